The highest BCUT2D eigenvalue weighted by Crippen LogP contribution is 2.17. The van der Waals surface area contributed by atoms with Gasteiger partial charge < -0.3 is 19.5 Å². The van der Waals surface area contributed by atoms with Crippen LogP contribution in [0.4, 0.5) is 0 Å². The first-order valence-electron chi connectivity index (χ1n) is 8.93. The Kier molecular flexibility index (Phi) is 6.33. The van der Waals surface area contributed by atoms with Crippen molar-refractivity contribution in [2.24, 2.45) is 0 Å². The minimum atomic E-state index is -3.07. The van der Waals surface area contributed by atoms with Crippen LogP contribution in [0.5, 0.6) is 5.75 Å². The van der Waals surface area contributed by atoms with Gasteiger partial charge in [-0.25, -0.2) is 13.2 Å². The maximum atomic E-state index is 12.0. The lowest BCUT2D eigenvalue weighted by Crippen LogP contribution is -2.38. The van der Waals surface area contributed by atoms with Crippen molar-refractivity contribution in [2.45, 2.75) is 31.4 Å². The average Bonchev–Trinajstić information content (AvgIpc) is 3.27. The molecular weight excluding hydrogens is 374 g/mol. The van der Waals surface area contributed by atoms with Crippen LogP contribution in [0.1, 0.15) is 29.6 Å². The molecule has 2 heterocycles. The van der Waals surface area contributed by atoms with Crippen molar-refractivity contribution in [3.05, 3.63) is 29.8 Å². The largest absolute Gasteiger partial charge is 0.491 e. The monoisotopic (exact) mass is 397 g/mol. The Bertz CT molecular complexity index is 769. The molecule has 1 N–H and O–H groups in total. The summed E-state index contributed by atoms with van der Waals surface area (Å²) < 4.78 is 38.8. The van der Waals surface area contributed by atoms with E-state index in [2.05, 4.69) is 5.32 Å². The molecule has 1 aromatic carbocycles. The molecule has 2 atom stereocenters. The van der Waals surface area contributed by atoms with Crippen molar-refractivity contribution >= 4 is 21.7 Å². The second-order valence-electron chi connectivity index (χ2n) is 6.71. The Balaban J connectivity index is 1.40. The highest BCUT2D eigenvalue weighted by atomic mass is 32.2. The zero-order valence-corrected chi connectivity index (χ0v) is 15.7. The van der Waals surface area contributed by atoms with Gasteiger partial charge in [0.15, 0.2) is 16.4 Å². The number of ether oxygens (including phenoxy) is 3. The van der Waals surface area contributed by atoms with Gasteiger partial charge in [-0.3, -0.25) is 4.79 Å². The van der Waals surface area contributed by atoms with Gasteiger partial charge in [0.2, 0.25) is 0 Å². The van der Waals surface area contributed by atoms with E-state index in [0.29, 0.717) is 24.3 Å². The molecule has 0 spiro atoms. The number of carbonyl (C=O) groups excluding carboxylic acids is 2. The number of hydrogen-bond donors (Lipinski definition) is 1. The molecule has 0 bridgehead atoms. The molecule has 0 saturated carbocycles. The summed E-state index contributed by atoms with van der Waals surface area (Å²) in [7, 11) is -3.07. The van der Waals surface area contributed by atoms with E-state index in [9.17, 15) is 18.0 Å². The van der Waals surface area contributed by atoms with E-state index in [1.165, 1.54) is 0 Å². The van der Waals surface area contributed by atoms with Crippen molar-refractivity contribution < 1.29 is 32.2 Å². The van der Waals surface area contributed by atoms with Crippen LogP contribution in [0.3, 0.4) is 0 Å². The molecule has 2 aliphatic rings. The number of rotatable bonds is 7. The first-order chi connectivity index (χ1) is 12.9. The molecule has 27 heavy (non-hydrogen) atoms. The molecule has 2 fully saturated rings. The van der Waals surface area contributed by atoms with Crippen molar-refractivity contribution in [3.8, 4) is 5.75 Å². The first kappa shape index (κ1) is 19.6. The van der Waals surface area contributed by atoms with E-state index in [4.69, 9.17) is 14.2 Å². The molecule has 2 aliphatic heterocycles. The van der Waals surface area contributed by atoms with Gasteiger partial charge in [-0.2, -0.15) is 0 Å². The van der Waals surface area contributed by atoms with Crippen LogP contribution in [-0.4, -0.2) is 63.8 Å². The summed E-state index contributed by atoms with van der Waals surface area (Å²) in [5, 5.41) is 2.57. The SMILES string of the molecule is O=C(COC(=O)c1ccc(OC[C@H]2CCCO2)cc1)N[C@@H]1CCS(=O)(=O)C1. The van der Waals surface area contributed by atoms with Crippen LogP contribution >= 0.6 is 0 Å². The molecule has 148 valence electrons. The molecule has 9 heteroatoms. The molecule has 1 amide bonds. The highest BCUT2D eigenvalue weighted by molar-refractivity contribution is 7.91. The van der Waals surface area contributed by atoms with Crippen molar-refractivity contribution in [2.75, 3.05) is 31.3 Å². The fraction of sp³-hybridized carbons (Fsp3) is 0.556. The predicted octanol–water partition coefficient (Wildman–Crippen LogP) is 0.705. The van der Waals surface area contributed by atoms with Gasteiger partial charge in [-0.05, 0) is 43.5 Å². The fourth-order valence-corrected chi connectivity index (χ4v) is 4.72. The number of hydrogen-bond acceptors (Lipinski definition) is 7. The van der Waals surface area contributed by atoms with Crippen LogP contribution in [0, 0.1) is 0 Å². The zero-order valence-electron chi connectivity index (χ0n) is 14.9. The molecule has 1 aromatic rings. The summed E-state index contributed by atoms with van der Waals surface area (Å²) in [5.74, 6) is -0.516. The van der Waals surface area contributed by atoms with E-state index in [0.717, 1.165) is 19.4 Å². The number of nitrogens with one attached hydrogen (secondary N) is 1. The van der Waals surface area contributed by atoms with Gasteiger partial charge in [0.1, 0.15) is 12.4 Å². The number of carbonyl (C=O) groups is 2. The topological polar surface area (TPSA) is 108 Å². The lowest BCUT2D eigenvalue weighted by atomic mass is 10.2. The molecule has 0 aromatic heterocycles. The van der Waals surface area contributed by atoms with Crippen LogP contribution in [-0.2, 0) is 24.1 Å². The number of esters is 1. The second kappa shape index (κ2) is 8.71. The molecule has 3 rings (SSSR count). The van der Waals surface area contributed by atoms with E-state index in [-0.39, 0.29) is 17.6 Å². The van der Waals surface area contributed by atoms with E-state index in [1.807, 2.05) is 0 Å². The zero-order chi connectivity index (χ0) is 19.3. The van der Waals surface area contributed by atoms with Gasteiger partial charge in [-0.1, -0.05) is 0 Å². The smallest absolute Gasteiger partial charge is 0.338 e. The predicted molar refractivity (Wildman–Crippen MR) is 96.4 cm³/mol. The summed E-state index contributed by atoms with van der Waals surface area (Å²) >= 11 is 0. The van der Waals surface area contributed by atoms with Gasteiger partial charge in [-0.15, -0.1) is 0 Å². The van der Waals surface area contributed by atoms with Gasteiger partial charge >= 0.3 is 5.97 Å². The fourth-order valence-electron chi connectivity index (χ4n) is 3.04. The standard InChI is InChI=1S/C18H23NO7S/c20-17(19-14-7-9-27(22,23)12-14)11-26-18(21)13-3-5-15(6-4-13)25-10-16-2-1-8-24-16/h3-6,14,16H,1-2,7-12H2,(H,19,20)/t14-,16-/m1/s1. The molecular formula is C18H23NO7S. The summed E-state index contributed by atoms with van der Waals surface area (Å²) in [4.78, 5) is 23.8. The first-order valence-corrected chi connectivity index (χ1v) is 10.7. The van der Waals surface area contributed by atoms with Crippen LogP contribution < -0.4 is 10.1 Å². The molecule has 8 nitrogen and oxygen atoms in total. The molecule has 0 unspecified atom stereocenters. The average molecular weight is 397 g/mol. The quantitative estimate of drug-likeness (QED) is 0.675. The lowest BCUT2D eigenvalue weighted by Gasteiger charge is -2.12. The normalized spacial score (nSPS) is 23.7. The summed E-state index contributed by atoms with van der Waals surface area (Å²) in [6.07, 6.45) is 2.53. The Hall–Kier alpha value is -2.13. The van der Waals surface area contributed by atoms with Crippen molar-refractivity contribution in [3.63, 3.8) is 0 Å². The molecule has 0 aliphatic carbocycles. The van der Waals surface area contributed by atoms with Gasteiger partial charge in [0, 0.05) is 12.6 Å². The Morgan fingerprint density at radius 2 is 1.96 bits per heavy atom. The van der Waals surface area contributed by atoms with Crippen LogP contribution in [0.15, 0.2) is 24.3 Å². The van der Waals surface area contributed by atoms with Crippen LogP contribution in [0.25, 0.3) is 0 Å². The number of sulfone groups is 1. The summed E-state index contributed by atoms with van der Waals surface area (Å²) in [6, 6.07) is 6.04. The summed E-state index contributed by atoms with van der Waals surface area (Å²) in [5.41, 5.74) is 0.302. The maximum absolute atomic E-state index is 12.0. The lowest BCUT2D eigenvalue weighted by molar-refractivity contribution is -0.124. The van der Waals surface area contributed by atoms with E-state index in [1.54, 1.807) is 24.3 Å². The van der Waals surface area contributed by atoms with E-state index >= 15 is 0 Å². The third kappa shape index (κ3) is 5.93. The molecule has 0 radical (unpaired) electrons. The van der Waals surface area contributed by atoms with Crippen LogP contribution in [0.2, 0.25) is 0 Å². The third-order valence-electron chi connectivity index (χ3n) is 4.48. The van der Waals surface area contributed by atoms with Gasteiger partial charge in [0.25, 0.3) is 5.91 Å². The van der Waals surface area contributed by atoms with Gasteiger partial charge in [0.05, 0.1) is 23.2 Å². The number of amides is 1. The molecule has 2 saturated heterocycles. The minimum absolute atomic E-state index is 0.0685. The van der Waals surface area contributed by atoms with Crippen molar-refractivity contribution in [1.29, 1.82) is 0 Å². The third-order valence-corrected chi connectivity index (χ3v) is 6.25. The Labute approximate surface area is 158 Å². The summed E-state index contributed by atoms with van der Waals surface area (Å²) in [6.45, 7) is 0.788. The van der Waals surface area contributed by atoms with E-state index < -0.39 is 34.4 Å². The Morgan fingerprint density at radius 1 is 1.19 bits per heavy atom. The Morgan fingerprint density at radius 3 is 2.59 bits per heavy atom. The number of benzene rings is 1. The minimum Gasteiger partial charge on any atom is -0.491 e. The maximum Gasteiger partial charge on any atom is 0.338 e. The van der Waals surface area contributed by atoms with Crippen molar-refractivity contribution in [1.82, 2.24) is 5.32 Å². The highest BCUT2D eigenvalue weighted by Gasteiger charge is 2.29. The second-order valence-corrected chi connectivity index (χ2v) is 8.94.